The number of carbonyl (C=O) groups excluding carboxylic acids is 9. The number of imide groups is 1. The summed E-state index contributed by atoms with van der Waals surface area (Å²) in [5.41, 5.74) is 6.45. The molecule has 82 heavy (non-hydrogen) atoms. The number of hydrogen-bond acceptors (Lipinski definition) is 13. The van der Waals surface area contributed by atoms with Gasteiger partial charge in [-0.2, -0.15) is 0 Å². The highest BCUT2D eigenvalue weighted by atomic mass is 32.2. The van der Waals surface area contributed by atoms with Crippen molar-refractivity contribution >= 4 is 92.2 Å². The monoisotopic (exact) mass is 1170 g/mol. The molecule has 5 aromatic rings. The normalized spacial score (nSPS) is 22.0. The number of primary amides is 1. The van der Waals surface area contributed by atoms with Crippen LogP contribution in [0.4, 0.5) is 0 Å². The molecule has 436 valence electrons. The van der Waals surface area contributed by atoms with E-state index in [4.69, 9.17) is 5.73 Å². The number of rotatable bonds is 18. The van der Waals surface area contributed by atoms with Crippen LogP contribution in [0.15, 0.2) is 76.4 Å². The Morgan fingerprint density at radius 2 is 1.55 bits per heavy atom. The lowest BCUT2D eigenvalue weighted by molar-refractivity contribution is -0.146. The molecule has 2 unspecified atom stereocenters. The van der Waals surface area contributed by atoms with E-state index in [-0.39, 0.29) is 115 Å². The van der Waals surface area contributed by atoms with E-state index in [0.29, 0.717) is 28.5 Å². The average Bonchev–Trinajstić information content (AvgIpc) is 3.28. The maximum absolute atomic E-state index is 15.0. The van der Waals surface area contributed by atoms with E-state index in [1.54, 1.807) is 11.9 Å². The van der Waals surface area contributed by atoms with E-state index in [0.717, 1.165) is 43.9 Å². The van der Waals surface area contributed by atoms with Crippen molar-refractivity contribution in [2.45, 2.75) is 125 Å². The molecular weight excluding hydrogens is 1100 g/mol. The number of nitrogens with zero attached hydrogens (tertiary/aromatic N) is 4. The molecule has 2 aromatic heterocycles. The maximum Gasteiger partial charge on any atom is 0.396 e. The lowest BCUT2D eigenvalue weighted by atomic mass is 9.78. The summed E-state index contributed by atoms with van der Waals surface area (Å²) in [5.74, 6) is -4.43. The average molecular weight is 1170 g/mol. The standard InChI is InChI=1S/C55H65N10O15PS/c1-62-45-24-33(9-16-42(45)65(55(62)75)44-18-20-47(67)61-52(44)72)23-30-3-5-31(6-4-30)25-48(68)63-22-21-36-11-17-43(51(71)59-39(15-19-46(56)66)49(69)57-28-32-7-12-37(13-8-32)82(2,79)80)64(36)53(73)41(29-63)60-50(70)40-27-35-26-34(10-14-38(35)58-40)54(74)81(76,77)78/h7-10,12-14,16,24,26-27,30-31,36,39,41,43-44,58H,3-6,11,15,17-23,25,28-29H2,1-2H3,(H2,56,66)(H,57,69)(H,59,71)(H,60,70)(H,61,67,72)(H2,76,77,78)/t30-,31+,36?,39-,41-,43-,44?/m0/s1. The second kappa shape index (κ2) is 24.0. The summed E-state index contributed by atoms with van der Waals surface area (Å²) in [6.07, 6.45) is 5.70. The van der Waals surface area contributed by atoms with Crippen molar-refractivity contribution in [2.24, 2.45) is 24.6 Å². The first-order chi connectivity index (χ1) is 38.8. The fraction of sp³-hybridized carbons (Fsp3) is 0.455. The minimum atomic E-state index is -5.14. The van der Waals surface area contributed by atoms with E-state index < -0.39 is 88.6 Å². The highest BCUT2D eigenvalue weighted by Gasteiger charge is 2.46. The minimum absolute atomic E-state index is 0.00803. The number of aromatic amines is 1. The molecule has 5 atom stereocenters. The van der Waals surface area contributed by atoms with Crippen molar-refractivity contribution in [3.05, 3.63) is 99.6 Å². The number of fused-ring (bicyclic) bond motifs is 3. The molecule has 3 saturated heterocycles. The predicted octanol–water partition coefficient (Wildman–Crippen LogP) is 1.72. The van der Waals surface area contributed by atoms with Crippen LogP contribution in [0.5, 0.6) is 0 Å². The number of hydrogen-bond donors (Lipinski definition) is 8. The Balaban J connectivity index is 0.889. The van der Waals surface area contributed by atoms with Crippen LogP contribution in [-0.4, -0.2) is 138 Å². The van der Waals surface area contributed by atoms with Crippen molar-refractivity contribution in [1.82, 2.24) is 45.2 Å². The van der Waals surface area contributed by atoms with Gasteiger partial charge in [0.05, 0.1) is 15.9 Å². The minimum Gasteiger partial charge on any atom is -0.370 e. The zero-order chi connectivity index (χ0) is 58.9. The van der Waals surface area contributed by atoms with Gasteiger partial charge in [0.15, 0.2) is 9.84 Å². The van der Waals surface area contributed by atoms with Gasteiger partial charge in [-0.3, -0.25) is 62.2 Å². The molecule has 5 heterocycles. The molecule has 0 spiro atoms. The molecule has 25 nitrogen and oxygen atoms in total. The summed E-state index contributed by atoms with van der Waals surface area (Å²) in [6, 6.07) is 11.4. The molecule has 4 aliphatic rings. The topological polar surface area (TPSA) is 369 Å². The van der Waals surface area contributed by atoms with E-state index in [9.17, 15) is 65.9 Å². The van der Waals surface area contributed by atoms with Crippen molar-refractivity contribution in [3.8, 4) is 0 Å². The second-order valence-electron chi connectivity index (χ2n) is 22.0. The summed E-state index contributed by atoms with van der Waals surface area (Å²) < 4.78 is 38.6. The molecule has 0 bridgehead atoms. The lowest BCUT2D eigenvalue weighted by Crippen LogP contribution is -2.62. The van der Waals surface area contributed by atoms with Crippen molar-refractivity contribution in [3.63, 3.8) is 0 Å². The molecule has 0 radical (unpaired) electrons. The Morgan fingerprint density at radius 1 is 0.841 bits per heavy atom. The van der Waals surface area contributed by atoms with Gasteiger partial charge in [-0.15, -0.1) is 0 Å². The Morgan fingerprint density at radius 3 is 2.23 bits per heavy atom. The summed E-state index contributed by atoms with van der Waals surface area (Å²) >= 11 is 0. The Hall–Kier alpha value is -7.80. The Kier molecular flexibility index (Phi) is 17.2. The highest BCUT2D eigenvalue weighted by molar-refractivity contribution is 7.90. The van der Waals surface area contributed by atoms with Gasteiger partial charge in [-0.05, 0) is 136 Å². The summed E-state index contributed by atoms with van der Waals surface area (Å²) in [5, 5.41) is 10.8. The first kappa shape index (κ1) is 58.8. The van der Waals surface area contributed by atoms with Crippen LogP contribution in [0.1, 0.15) is 115 Å². The first-order valence-electron chi connectivity index (χ1n) is 27.2. The third-order valence-electron chi connectivity index (χ3n) is 16.3. The van der Waals surface area contributed by atoms with Gasteiger partial charge in [0, 0.05) is 74.7 Å². The van der Waals surface area contributed by atoms with Gasteiger partial charge in [0.25, 0.3) is 11.4 Å². The third kappa shape index (κ3) is 13.1. The molecule has 27 heteroatoms. The fourth-order valence-corrected chi connectivity index (χ4v) is 13.0. The van der Waals surface area contributed by atoms with Crippen LogP contribution in [0.3, 0.4) is 0 Å². The number of aryl methyl sites for hydroxylation is 1. The highest BCUT2D eigenvalue weighted by Crippen LogP contribution is 2.40. The van der Waals surface area contributed by atoms with Crippen LogP contribution in [0, 0.1) is 11.8 Å². The van der Waals surface area contributed by atoms with Gasteiger partial charge in [-0.1, -0.05) is 18.2 Å². The number of piperidine rings is 1. The van der Waals surface area contributed by atoms with E-state index in [2.05, 4.69) is 26.3 Å². The van der Waals surface area contributed by atoms with Crippen molar-refractivity contribution in [2.75, 3.05) is 19.3 Å². The SMILES string of the molecule is Cn1c(=O)n(C2CCC(=O)NC2=O)c2ccc(C[C@H]3CC[C@@H](CC(=O)N4CCC5CC[C@@H](C(=O)N[C@@H](CCC(N)=O)C(=O)NCc6ccc(S(C)(=O)=O)cc6)N5C(=O)[C@@H](NC(=O)c5cc6cc(C(=O)P(=O)(O)O)ccc6[nH]5)C4)CC3)cc21. The number of imidazole rings is 1. The van der Waals surface area contributed by atoms with Gasteiger partial charge in [0.2, 0.25) is 41.4 Å². The quantitative estimate of drug-likeness (QED) is 0.0457. The fourth-order valence-electron chi connectivity index (χ4n) is 11.9. The smallest absolute Gasteiger partial charge is 0.370 e. The van der Waals surface area contributed by atoms with Crippen LogP contribution >= 0.6 is 7.60 Å². The number of sulfone groups is 1. The van der Waals surface area contributed by atoms with E-state index >= 15 is 4.79 Å². The molecule has 1 saturated carbocycles. The predicted molar refractivity (Wildman–Crippen MR) is 295 cm³/mol. The number of carbonyl (C=O) groups is 9. The second-order valence-corrected chi connectivity index (χ2v) is 25.5. The molecule has 3 aromatic carbocycles. The van der Waals surface area contributed by atoms with Gasteiger partial charge in [-0.25, -0.2) is 13.2 Å². The van der Waals surface area contributed by atoms with Crippen molar-refractivity contribution in [1.29, 1.82) is 0 Å². The number of aromatic nitrogens is 3. The summed E-state index contributed by atoms with van der Waals surface area (Å²) in [4.78, 5) is 159. The molecule has 4 fully saturated rings. The summed E-state index contributed by atoms with van der Waals surface area (Å²) in [7, 11) is -6.97. The molecule has 8 amide bonds. The molecule has 1 aliphatic carbocycles. The molecule has 9 N–H and O–H groups in total. The first-order valence-corrected chi connectivity index (χ1v) is 30.7. The Labute approximate surface area is 470 Å². The van der Waals surface area contributed by atoms with Crippen LogP contribution in [0.25, 0.3) is 21.9 Å². The number of nitrogens with one attached hydrogen (secondary N) is 5. The molecular formula is C55H65N10O15PS. The van der Waals surface area contributed by atoms with Crippen molar-refractivity contribution < 1.29 is 65.9 Å². The Bertz CT molecular complexity index is 3640. The maximum atomic E-state index is 15.0. The lowest BCUT2D eigenvalue weighted by Gasteiger charge is -2.39. The van der Waals surface area contributed by atoms with Gasteiger partial charge in [0.1, 0.15) is 29.9 Å². The number of H-pyrrole nitrogens is 1. The largest absolute Gasteiger partial charge is 0.396 e. The molecule has 9 rings (SSSR count). The third-order valence-corrected chi connectivity index (χ3v) is 18.2. The number of benzene rings is 3. The summed E-state index contributed by atoms with van der Waals surface area (Å²) in [6.45, 7) is -0.168. The van der Waals surface area contributed by atoms with E-state index in [1.807, 2.05) is 18.2 Å². The van der Waals surface area contributed by atoms with Crippen LogP contribution in [-0.2, 0) is 68.0 Å². The zero-order valence-corrected chi connectivity index (χ0v) is 46.8. The number of amides is 8. The van der Waals surface area contributed by atoms with Crippen LogP contribution < -0.4 is 32.7 Å². The van der Waals surface area contributed by atoms with Gasteiger partial charge < -0.3 is 46.3 Å². The van der Waals surface area contributed by atoms with Crippen LogP contribution in [0.2, 0.25) is 0 Å². The zero-order valence-electron chi connectivity index (χ0n) is 45.1. The van der Waals surface area contributed by atoms with Gasteiger partial charge >= 0.3 is 13.3 Å². The number of nitrogens with two attached hydrogens (primary N) is 1. The molecule has 3 aliphatic heterocycles. The van der Waals surface area contributed by atoms with E-state index in [1.165, 1.54) is 62.6 Å².